The summed E-state index contributed by atoms with van der Waals surface area (Å²) in [6, 6.07) is 11.3. The smallest absolute Gasteiger partial charge is 0.407 e. The highest BCUT2D eigenvalue weighted by Crippen LogP contribution is 2.24. The molecule has 1 aromatic rings. The Hall–Kier alpha value is -1.55. The number of nitrogens with one attached hydrogen (secondary N) is 2. The average Bonchev–Trinajstić information content (AvgIpc) is 2.53. The molecule has 2 aliphatic rings. The van der Waals surface area contributed by atoms with Crippen LogP contribution in [0.1, 0.15) is 63.4 Å². The molecule has 0 saturated heterocycles. The van der Waals surface area contributed by atoms with Gasteiger partial charge < -0.3 is 15.4 Å². The first kappa shape index (κ1) is 17.3. The van der Waals surface area contributed by atoms with E-state index in [1.807, 2.05) is 30.3 Å². The standard InChI is InChI=1S/C20H30N2O2/c23-20(24-15-16-9-5-4-6-10-16)22-19-13-18(14-19)21-17-11-7-2-1-3-8-12-17/h4-6,9-10,17-19,21H,1-3,7-8,11-15H2,(H,22,23). The molecule has 0 bridgehead atoms. The summed E-state index contributed by atoms with van der Waals surface area (Å²) in [5.74, 6) is 0. The van der Waals surface area contributed by atoms with Crippen LogP contribution < -0.4 is 10.6 Å². The van der Waals surface area contributed by atoms with Gasteiger partial charge in [0.2, 0.25) is 0 Å². The van der Waals surface area contributed by atoms with Crippen LogP contribution in [0.2, 0.25) is 0 Å². The minimum absolute atomic E-state index is 0.263. The molecule has 3 rings (SSSR count). The van der Waals surface area contributed by atoms with E-state index in [4.69, 9.17) is 4.74 Å². The van der Waals surface area contributed by atoms with Crippen molar-refractivity contribution in [2.24, 2.45) is 0 Å². The number of amides is 1. The van der Waals surface area contributed by atoms with E-state index in [0.717, 1.165) is 18.4 Å². The third kappa shape index (κ3) is 5.52. The first-order valence-corrected chi connectivity index (χ1v) is 9.53. The fraction of sp³-hybridized carbons (Fsp3) is 0.650. The van der Waals surface area contributed by atoms with Crippen LogP contribution in [-0.2, 0) is 11.3 Å². The van der Waals surface area contributed by atoms with E-state index in [0.29, 0.717) is 18.7 Å². The first-order valence-electron chi connectivity index (χ1n) is 9.53. The van der Waals surface area contributed by atoms with Crippen LogP contribution in [0.15, 0.2) is 30.3 Å². The zero-order valence-corrected chi connectivity index (χ0v) is 14.5. The van der Waals surface area contributed by atoms with Gasteiger partial charge >= 0.3 is 6.09 Å². The maximum absolute atomic E-state index is 11.8. The van der Waals surface area contributed by atoms with E-state index >= 15 is 0 Å². The summed E-state index contributed by atoms with van der Waals surface area (Å²) in [7, 11) is 0. The molecule has 0 radical (unpaired) electrons. The Labute approximate surface area is 145 Å². The number of rotatable bonds is 5. The fourth-order valence-corrected chi connectivity index (χ4v) is 3.76. The van der Waals surface area contributed by atoms with Crippen molar-refractivity contribution in [3.05, 3.63) is 35.9 Å². The number of hydrogen-bond donors (Lipinski definition) is 2. The summed E-state index contributed by atoms with van der Waals surface area (Å²) in [6.07, 6.45) is 11.3. The zero-order chi connectivity index (χ0) is 16.6. The highest BCUT2D eigenvalue weighted by molar-refractivity contribution is 5.67. The molecule has 2 saturated carbocycles. The summed E-state index contributed by atoms with van der Waals surface area (Å²) in [6.45, 7) is 0.336. The van der Waals surface area contributed by atoms with Crippen molar-refractivity contribution in [1.82, 2.24) is 10.6 Å². The molecule has 0 atom stereocenters. The molecule has 1 amide bonds. The van der Waals surface area contributed by atoms with Gasteiger partial charge in [-0.3, -0.25) is 0 Å². The normalized spacial score (nSPS) is 25.2. The van der Waals surface area contributed by atoms with Gasteiger partial charge in [0.25, 0.3) is 0 Å². The molecule has 132 valence electrons. The van der Waals surface area contributed by atoms with Crippen molar-refractivity contribution >= 4 is 6.09 Å². The molecule has 0 spiro atoms. The SMILES string of the molecule is O=C(NC1CC(NC2CCCCCCC2)C1)OCc1ccccc1. The minimum Gasteiger partial charge on any atom is -0.445 e. The summed E-state index contributed by atoms with van der Waals surface area (Å²) in [4.78, 5) is 11.8. The molecule has 0 aliphatic heterocycles. The summed E-state index contributed by atoms with van der Waals surface area (Å²) in [5.41, 5.74) is 1.02. The third-order valence-electron chi connectivity index (χ3n) is 5.25. The molecular weight excluding hydrogens is 300 g/mol. The molecule has 0 aromatic heterocycles. The number of hydrogen-bond acceptors (Lipinski definition) is 3. The lowest BCUT2D eigenvalue weighted by Crippen LogP contribution is -2.54. The highest BCUT2D eigenvalue weighted by Gasteiger charge is 2.31. The largest absolute Gasteiger partial charge is 0.445 e. The molecule has 4 nitrogen and oxygen atoms in total. The Morgan fingerprint density at radius 2 is 1.58 bits per heavy atom. The van der Waals surface area contributed by atoms with E-state index in [1.54, 1.807) is 0 Å². The molecule has 2 aliphatic carbocycles. The maximum Gasteiger partial charge on any atom is 0.407 e. The van der Waals surface area contributed by atoms with Crippen molar-refractivity contribution in [2.75, 3.05) is 0 Å². The van der Waals surface area contributed by atoms with Gasteiger partial charge in [-0.1, -0.05) is 62.4 Å². The lowest BCUT2D eigenvalue weighted by molar-refractivity contribution is 0.123. The average molecular weight is 330 g/mol. The second kappa shape index (κ2) is 9.07. The number of ether oxygens (including phenoxy) is 1. The molecule has 0 heterocycles. The van der Waals surface area contributed by atoms with Gasteiger partial charge in [0.05, 0.1) is 0 Å². The quantitative estimate of drug-likeness (QED) is 0.853. The monoisotopic (exact) mass is 330 g/mol. The summed E-state index contributed by atoms with van der Waals surface area (Å²) < 4.78 is 5.28. The molecule has 2 fully saturated rings. The Morgan fingerprint density at radius 1 is 0.917 bits per heavy atom. The third-order valence-corrected chi connectivity index (χ3v) is 5.25. The van der Waals surface area contributed by atoms with Crippen LogP contribution in [0.25, 0.3) is 0 Å². The minimum atomic E-state index is -0.298. The Bertz CT molecular complexity index is 492. The van der Waals surface area contributed by atoms with Gasteiger partial charge in [-0.2, -0.15) is 0 Å². The molecule has 1 aromatic carbocycles. The van der Waals surface area contributed by atoms with Gasteiger partial charge in [0, 0.05) is 18.1 Å². The van der Waals surface area contributed by atoms with E-state index in [9.17, 15) is 4.79 Å². The predicted octanol–water partition coefficient (Wildman–Crippen LogP) is 4.15. The van der Waals surface area contributed by atoms with Crippen molar-refractivity contribution in [1.29, 1.82) is 0 Å². The predicted molar refractivity (Wildman–Crippen MR) is 95.8 cm³/mol. The van der Waals surface area contributed by atoms with Gasteiger partial charge in [0.15, 0.2) is 0 Å². The number of alkyl carbamates (subject to hydrolysis) is 1. The van der Waals surface area contributed by atoms with Gasteiger partial charge in [-0.25, -0.2) is 4.79 Å². The van der Waals surface area contributed by atoms with Crippen LogP contribution in [0.3, 0.4) is 0 Å². The number of benzene rings is 1. The van der Waals surface area contributed by atoms with Crippen molar-refractivity contribution in [3.63, 3.8) is 0 Å². The van der Waals surface area contributed by atoms with E-state index in [1.165, 1.54) is 44.9 Å². The summed E-state index contributed by atoms with van der Waals surface area (Å²) in [5, 5.41) is 6.77. The van der Waals surface area contributed by atoms with E-state index in [2.05, 4.69) is 10.6 Å². The van der Waals surface area contributed by atoms with Crippen molar-refractivity contribution in [3.8, 4) is 0 Å². The lowest BCUT2D eigenvalue weighted by Gasteiger charge is -2.39. The Kier molecular flexibility index (Phi) is 6.53. The van der Waals surface area contributed by atoms with Crippen LogP contribution in [0.5, 0.6) is 0 Å². The fourth-order valence-electron chi connectivity index (χ4n) is 3.76. The number of carbonyl (C=O) groups excluding carboxylic acids is 1. The molecule has 2 N–H and O–H groups in total. The molecular formula is C20H30N2O2. The van der Waals surface area contributed by atoms with Crippen LogP contribution >= 0.6 is 0 Å². The second-order valence-electron chi connectivity index (χ2n) is 7.28. The highest BCUT2D eigenvalue weighted by atomic mass is 16.5. The Balaban J connectivity index is 1.29. The second-order valence-corrected chi connectivity index (χ2v) is 7.28. The van der Waals surface area contributed by atoms with Crippen molar-refractivity contribution < 1.29 is 9.53 Å². The maximum atomic E-state index is 11.8. The Morgan fingerprint density at radius 3 is 2.29 bits per heavy atom. The van der Waals surface area contributed by atoms with Gasteiger partial charge in [-0.05, 0) is 31.2 Å². The summed E-state index contributed by atoms with van der Waals surface area (Å²) >= 11 is 0. The van der Waals surface area contributed by atoms with Crippen molar-refractivity contribution in [2.45, 2.75) is 82.5 Å². The molecule has 0 unspecified atom stereocenters. The number of carbonyl (C=O) groups is 1. The first-order chi connectivity index (χ1) is 11.8. The molecule has 24 heavy (non-hydrogen) atoms. The van der Waals surface area contributed by atoms with Gasteiger partial charge in [-0.15, -0.1) is 0 Å². The zero-order valence-electron chi connectivity index (χ0n) is 14.5. The van der Waals surface area contributed by atoms with Gasteiger partial charge in [0.1, 0.15) is 6.61 Å². The van der Waals surface area contributed by atoms with Crippen LogP contribution in [-0.4, -0.2) is 24.2 Å². The van der Waals surface area contributed by atoms with Crippen LogP contribution in [0, 0.1) is 0 Å². The molecule has 4 heteroatoms. The topological polar surface area (TPSA) is 50.4 Å². The van der Waals surface area contributed by atoms with E-state index < -0.39 is 0 Å². The van der Waals surface area contributed by atoms with Crippen LogP contribution in [0.4, 0.5) is 4.79 Å². The lowest BCUT2D eigenvalue weighted by atomic mass is 9.85. The van der Waals surface area contributed by atoms with E-state index in [-0.39, 0.29) is 12.1 Å².